The van der Waals surface area contributed by atoms with Crippen LogP contribution in [0.2, 0.25) is 0 Å². The lowest BCUT2D eigenvalue weighted by Crippen LogP contribution is -2.15. The van der Waals surface area contributed by atoms with Crippen molar-refractivity contribution in [2.75, 3.05) is 6.54 Å². The summed E-state index contributed by atoms with van der Waals surface area (Å²) in [5, 5.41) is 8.02. The normalized spacial score (nSPS) is 11.1. The Morgan fingerprint density at radius 3 is 2.65 bits per heavy atom. The Balaban J connectivity index is 2.51. The summed E-state index contributed by atoms with van der Waals surface area (Å²) in [6.45, 7) is 10.2. The van der Waals surface area contributed by atoms with Crippen LogP contribution in [-0.4, -0.2) is 21.3 Å². The van der Waals surface area contributed by atoms with E-state index in [1.165, 1.54) is 11.3 Å². The highest BCUT2D eigenvalue weighted by atomic mass is 79.9. The summed E-state index contributed by atoms with van der Waals surface area (Å²) >= 11 is 3.49. The van der Waals surface area contributed by atoms with E-state index in [4.69, 9.17) is 0 Å². The molecule has 0 aliphatic heterocycles. The first-order valence-corrected chi connectivity index (χ1v) is 7.78. The third-order valence-electron chi connectivity index (χ3n) is 3.47. The minimum absolute atomic E-state index is 0.790. The van der Waals surface area contributed by atoms with E-state index in [0.29, 0.717) is 0 Å². The number of aromatic nitrogens is 3. The number of aryl methyl sites for hydroxylation is 1. The molecule has 0 aliphatic carbocycles. The Morgan fingerprint density at radius 2 is 2.05 bits per heavy atom. The van der Waals surface area contributed by atoms with Crippen LogP contribution in [-0.2, 0) is 13.0 Å². The number of hydrogen-bond donors (Lipinski definition) is 1. The fraction of sp³-hybridized carbons (Fsp3) is 0.467. The van der Waals surface area contributed by atoms with Crippen molar-refractivity contribution < 1.29 is 0 Å². The van der Waals surface area contributed by atoms with Crippen LogP contribution in [0, 0.1) is 13.8 Å². The van der Waals surface area contributed by atoms with Crippen LogP contribution in [0.5, 0.6) is 0 Å². The molecule has 0 saturated heterocycles. The fourth-order valence-electron chi connectivity index (χ4n) is 2.45. The minimum Gasteiger partial charge on any atom is -0.313 e. The molecule has 0 amide bonds. The van der Waals surface area contributed by atoms with Gasteiger partial charge in [0.25, 0.3) is 0 Å². The molecule has 0 aromatic carbocycles. The SMILES string of the molecule is CCNCc1cc(Br)cnc1-n1nc(C)c(CC)c1C. The zero-order chi connectivity index (χ0) is 14.7. The van der Waals surface area contributed by atoms with Gasteiger partial charge in [-0.3, -0.25) is 0 Å². The lowest BCUT2D eigenvalue weighted by molar-refractivity contribution is 0.704. The van der Waals surface area contributed by atoms with E-state index in [-0.39, 0.29) is 0 Å². The average molecular weight is 337 g/mol. The maximum atomic E-state index is 4.66. The Morgan fingerprint density at radius 1 is 1.30 bits per heavy atom. The molecule has 2 heterocycles. The Kier molecular flexibility index (Phi) is 4.94. The lowest BCUT2D eigenvalue weighted by Gasteiger charge is -2.11. The van der Waals surface area contributed by atoms with Gasteiger partial charge in [0.15, 0.2) is 5.82 Å². The van der Waals surface area contributed by atoms with Gasteiger partial charge in [-0.2, -0.15) is 5.10 Å². The maximum Gasteiger partial charge on any atom is 0.158 e. The van der Waals surface area contributed by atoms with Gasteiger partial charge in [0, 0.05) is 28.5 Å². The molecule has 0 saturated carbocycles. The van der Waals surface area contributed by atoms with E-state index in [1.807, 2.05) is 10.9 Å². The first-order chi connectivity index (χ1) is 9.58. The molecule has 2 aromatic rings. The maximum absolute atomic E-state index is 4.66. The number of nitrogens with zero attached hydrogens (tertiary/aromatic N) is 3. The predicted molar refractivity (Wildman–Crippen MR) is 85.3 cm³/mol. The molecule has 20 heavy (non-hydrogen) atoms. The second kappa shape index (κ2) is 6.50. The number of nitrogens with one attached hydrogen (secondary N) is 1. The summed E-state index contributed by atoms with van der Waals surface area (Å²) in [6, 6.07) is 2.10. The van der Waals surface area contributed by atoms with E-state index < -0.39 is 0 Å². The lowest BCUT2D eigenvalue weighted by atomic mass is 10.1. The van der Waals surface area contributed by atoms with Crippen molar-refractivity contribution in [1.82, 2.24) is 20.1 Å². The van der Waals surface area contributed by atoms with Crippen LogP contribution in [0.15, 0.2) is 16.7 Å². The molecule has 0 spiro atoms. The number of pyridine rings is 1. The van der Waals surface area contributed by atoms with Crippen molar-refractivity contribution in [3.8, 4) is 5.82 Å². The van der Waals surface area contributed by atoms with Gasteiger partial charge in [-0.1, -0.05) is 13.8 Å². The van der Waals surface area contributed by atoms with Gasteiger partial charge in [-0.25, -0.2) is 9.67 Å². The molecule has 2 aromatic heterocycles. The minimum atomic E-state index is 0.790. The third-order valence-corrected chi connectivity index (χ3v) is 3.90. The van der Waals surface area contributed by atoms with Gasteiger partial charge in [-0.05, 0) is 54.4 Å². The van der Waals surface area contributed by atoms with E-state index in [1.54, 1.807) is 0 Å². The quantitative estimate of drug-likeness (QED) is 0.910. The van der Waals surface area contributed by atoms with Crippen LogP contribution < -0.4 is 5.32 Å². The predicted octanol–water partition coefficient (Wildman–Crippen LogP) is 3.32. The molecule has 0 unspecified atom stereocenters. The molecule has 1 N–H and O–H groups in total. The topological polar surface area (TPSA) is 42.7 Å². The van der Waals surface area contributed by atoms with Crippen LogP contribution >= 0.6 is 15.9 Å². The van der Waals surface area contributed by atoms with Crippen LogP contribution in [0.4, 0.5) is 0 Å². The van der Waals surface area contributed by atoms with Crippen molar-refractivity contribution in [2.24, 2.45) is 0 Å². The summed E-state index contributed by atoms with van der Waals surface area (Å²) in [4.78, 5) is 4.56. The summed E-state index contributed by atoms with van der Waals surface area (Å²) in [7, 11) is 0. The van der Waals surface area contributed by atoms with Crippen molar-refractivity contribution in [2.45, 2.75) is 40.7 Å². The van der Waals surface area contributed by atoms with E-state index >= 15 is 0 Å². The molecule has 2 rings (SSSR count). The summed E-state index contributed by atoms with van der Waals surface area (Å²) in [5.41, 5.74) is 4.72. The second-order valence-corrected chi connectivity index (χ2v) is 5.75. The zero-order valence-electron chi connectivity index (χ0n) is 12.5. The van der Waals surface area contributed by atoms with E-state index in [9.17, 15) is 0 Å². The van der Waals surface area contributed by atoms with Crippen LogP contribution in [0.25, 0.3) is 5.82 Å². The first kappa shape index (κ1) is 15.2. The molecule has 0 atom stereocenters. The molecule has 0 bridgehead atoms. The molecule has 0 radical (unpaired) electrons. The van der Waals surface area contributed by atoms with Gasteiger partial charge in [-0.15, -0.1) is 0 Å². The number of halogens is 1. The highest BCUT2D eigenvalue weighted by Crippen LogP contribution is 2.22. The summed E-state index contributed by atoms with van der Waals surface area (Å²) in [6.07, 6.45) is 2.82. The molecule has 5 heteroatoms. The Bertz CT molecular complexity index is 604. The standard InChI is InChI=1S/C15H21BrN4/c1-5-14-10(3)19-20(11(14)4)15-12(8-17-6-2)7-13(16)9-18-15/h7,9,17H,5-6,8H2,1-4H3. The average Bonchev–Trinajstić information content (AvgIpc) is 2.71. The fourth-order valence-corrected chi connectivity index (χ4v) is 2.83. The van der Waals surface area contributed by atoms with Crippen molar-refractivity contribution in [3.05, 3.63) is 39.3 Å². The Labute approximate surface area is 128 Å². The van der Waals surface area contributed by atoms with Crippen LogP contribution in [0.1, 0.15) is 36.4 Å². The smallest absolute Gasteiger partial charge is 0.158 e. The second-order valence-electron chi connectivity index (χ2n) is 4.83. The number of hydrogen-bond acceptors (Lipinski definition) is 3. The molecule has 108 valence electrons. The first-order valence-electron chi connectivity index (χ1n) is 6.99. The highest BCUT2D eigenvalue weighted by Gasteiger charge is 2.15. The number of rotatable bonds is 5. The molecule has 4 nitrogen and oxygen atoms in total. The van der Waals surface area contributed by atoms with Crippen molar-refractivity contribution >= 4 is 15.9 Å². The largest absolute Gasteiger partial charge is 0.313 e. The third kappa shape index (κ3) is 2.94. The monoisotopic (exact) mass is 336 g/mol. The van der Waals surface area contributed by atoms with Crippen molar-refractivity contribution in [1.29, 1.82) is 0 Å². The summed E-state index contributed by atoms with van der Waals surface area (Å²) in [5.74, 6) is 0.912. The van der Waals surface area contributed by atoms with Gasteiger partial charge in [0.1, 0.15) is 0 Å². The van der Waals surface area contributed by atoms with Gasteiger partial charge in [0.2, 0.25) is 0 Å². The molecular formula is C15H21BrN4. The van der Waals surface area contributed by atoms with Crippen molar-refractivity contribution in [3.63, 3.8) is 0 Å². The zero-order valence-corrected chi connectivity index (χ0v) is 14.1. The summed E-state index contributed by atoms with van der Waals surface area (Å²) < 4.78 is 2.96. The van der Waals surface area contributed by atoms with Crippen LogP contribution in [0.3, 0.4) is 0 Å². The van der Waals surface area contributed by atoms with Gasteiger partial charge >= 0.3 is 0 Å². The molecule has 0 aliphatic rings. The highest BCUT2D eigenvalue weighted by molar-refractivity contribution is 9.10. The van der Waals surface area contributed by atoms with Gasteiger partial charge in [0.05, 0.1) is 5.69 Å². The van der Waals surface area contributed by atoms with E-state index in [2.05, 4.69) is 65.1 Å². The van der Waals surface area contributed by atoms with E-state index in [0.717, 1.165) is 41.1 Å². The molecule has 0 fully saturated rings. The van der Waals surface area contributed by atoms with Gasteiger partial charge < -0.3 is 5.32 Å². The Hall–Kier alpha value is -1.20. The molecular weight excluding hydrogens is 316 g/mol.